The number of fused-ring (bicyclic) bond motifs is 1. The van der Waals surface area contributed by atoms with Crippen LogP contribution in [-0.2, 0) is 6.42 Å². The summed E-state index contributed by atoms with van der Waals surface area (Å²) in [5.41, 5.74) is 2.79. The van der Waals surface area contributed by atoms with Crippen molar-refractivity contribution in [2.24, 2.45) is 0 Å². The SMILES string of the molecule is CCCCC(NC)c1ccc2c(c1)CCCO2. The Balaban J connectivity index is 2.13. The van der Waals surface area contributed by atoms with E-state index in [4.69, 9.17) is 4.74 Å². The summed E-state index contributed by atoms with van der Waals surface area (Å²) in [5.74, 6) is 1.09. The summed E-state index contributed by atoms with van der Waals surface area (Å²) in [5, 5.41) is 3.42. The summed E-state index contributed by atoms with van der Waals surface area (Å²) in [7, 11) is 2.05. The third-order valence-corrected chi connectivity index (χ3v) is 3.53. The summed E-state index contributed by atoms with van der Waals surface area (Å²) >= 11 is 0. The fourth-order valence-corrected chi connectivity index (χ4v) is 2.48. The van der Waals surface area contributed by atoms with Crippen LogP contribution in [0.3, 0.4) is 0 Å². The first-order chi connectivity index (χ1) is 8.35. The molecule has 0 saturated heterocycles. The lowest BCUT2D eigenvalue weighted by atomic mass is 9.96. The highest BCUT2D eigenvalue weighted by molar-refractivity contribution is 5.39. The molecule has 1 aliphatic heterocycles. The topological polar surface area (TPSA) is 21.3 Å². The van der Waals surface area contributed by atoms with Gasteiger partial charge in [0, 0.05) is 6.04 Å². The van der Waals surface area contributed by atoms with Crippen molar-refractivity contribution >= 4 is 0 Å². The van der Waals surface area contributed by atoms with Crippen LogP contribution in [-0.4, -0.2) is 13.7 Å². The second-order valence-corrected chi connectivity index (χ2v) is 4.80. The van der Waals surface area contributed by atoms with Gasteiger partial charge in [-0.2, -0.15) is 0 Å². The van der Waals surface area contributed by atoms with Crippen molar-refractivity contribution in [3.8, 4) is 5.75 Å². The Kier molecular flexibility index (Phi) is 4.43. The van der Waals surface area contributed by atoms with E-state index in [9.17, 15) is 0 Å². The largest absolute Gasteiger partial charge is 0.493 e. The van der Waals surface area contributed by atoms with E-state index >= 15 is 0 Å². The lowest BCUT2D eigenvalue weighted by Crippen LogP contribution is -2.17. The third-order valence-electron chi connectivity index (χ3n) is 3.53. The quantitative estimate of drug-likeness (QED) is 0.841. The molecule has 1 aliphatic rings. The maximum absolute atomic E-state index is 5.65. The molecule has 2 heteroatoms. The molecule has 1 aromatic carbocycles. The molecule has 0 bridgehead atoms. The Morgan fingerprint density at radius 1 is 1.41 bits per heavy atom. The highest BCUT2D eigenvalue weighted by Gasteiger charge is 2.14. The molecule has 0 spiro atoms. The smallest absolute Gasteiger partial charge is 0.122 e. The second kappa shape index (κ2) is 6.06. The second-order valence-electron chi connectivity index (χ2n) is 4.80. The van der Waals surface area contributed by atoms with Gasteiger partial charge in [0.25, 0.3) is 0 Å². The molecule has 1 aromatic rings. The van der Waals surface area contributed by atoms with Crippen LogP contribution in [0.15, 0.2) is 18.2 Å². The first-order valence-electron chi connectivity index (χ1n) is 6.78. The van der Waals surface area contributed by atoms with Gasteiger partial charge in [0.2, 0.25) is 0 Å². The molecule has 0 aliphatic carbocycles. The molecule has 94 valence electrons. The van der Waals surface area contributed by atoms with E-state index in [1.807, 2.05) is 0 Å². The van der Waals surface area contributed by atoms with Gasteiger partial charge in [-0.3, -0.25) is 0 Å². The Hall–Kier alpha value is -1.02. The first kappa shape index (κ1) is 12.4. The van der Waals surface area contributed by atoms with Crippen LogP contribution in [0.5, 0.6) is 5.75 Å². The average Bonchev–Trinajstić information content (AvgIpc) is 2.39. The van der Waals surface area contributed by atoms with Crippen molar-refractivity contribution in [3.05, 3.63) is 29.3 Å². The molecule has 2 rings (SSSR count). The molecule has 2 nitrogen and oxygen atoms in total. The number of hydrogen-bond donors (Lipinski definition) is 1. The van der Waals surface area contributed by atoms with Gasteiger partial charge in [-0.15, -0.1) is 0 Å². The molecule has 1 unspecified atom stereocenters. The summed E-state index contributed by atoms with van der Waals surface area (Å²) in [4.78, 5) is 0. The number of ether oxygens (including phenoxy) is 1. The van der Waals surface area contributed by atoms with Gasteiger partial charge >= 0.3 is 0 Å². The van der Waals surface area contributed by atoms with Gasteiger partial charge in [-0.05, 0) is 43.5 Å². The molecule has 0 fully saturated rings. The van der Waals surface area contributed by atoms with Crippen molar-refractivity contribution in [2.45, 2.75) is 45.1 Å². The number of hydrogen-bond acceptors (Lipinski definition) is 2. The maximum Gasteiger partial charge on any atom is 0.122 e. The Morgan fingerprint density at radius 3 is 3.06 bits per heavy atom. The summed E-state index contributed by atoms with van der Waals surface area (Å²) < 4.78 is 5.65. The van der Waals surface area contributed by atoms with Crippen molar-refractivity contribution < 1.29 is 4.74 Å². The molecule has 1 N–H and O–H groups in total. The maximum atomic E-state index is 5.65. The molecule has 1 heterocycles. The molecule has 0 amide bonds. The van der Waals surface area contributed by atoms with E-state index in [0.29, 0.717) is 6.04 Å². The molecule has 0 radical (unpaired) electrons. The number of nitrogens with one attached hydrogen (secondary N) is 1. The van der Waals surface area contributed by atoms with E-state index in [1.54, 1.807) is 0 Å². The predicted molar refractivity (Wildman–Crippen MR) is 71.6 cm³/mol. The highest BCUT2D eigenvalue weighted by Crippen LogP contribution is 2.29. The van der Waals surface area contributed by atoms with Crippen LogP contribution < -0.4 is 10.1 Å². The van der Waals surface area contributed by atoms with Crippen molar-refractivity contribution in [3.63, 3.8) is 0 Å². The van der Waals surface area contributed by atoms with Gasteiger partial charge in [-0.1, -0.05) is 31.9 Å². The van der Waals surface area contributed by atoms with E-state index in [2.05, 4.69) is 37.5 Å². The van der Waals surface area contributed by atoms with E-state index in [-0.39, 0.29) is 0 Å². The van der Waals surface area contributed by atoms with Crippen LogP contribution in [0.1, 0.15) is 49.8 Å². The molecule has 0 saturated carbocycles. The molecule has 17 heavy (non-hydrogen) atoms. The van der Waals surface area contributed by atoms with Gasteiger partial charge in [0.15, 0.2) is 0 Å². The van der Waals surface area contributed by atoms with Gasteiger partial charge in [0.05, 0.1) is 6.61 Å². The average molecular weight is 233 g/mol. The summed E-state index contributed by atoms with van der Waals surface area (Å²) in [6.07, 6.45) is 6.06. The Morgan fingerprint density at radius 2 is 2.29 bits per heavy atom. The number of benzene rings is 1. The Labute approximate surface area is 104 Å². The fraction of sp³-hybridized carbons (Fsp3) is 0.600. The Bertz CT molecular complexity index is 362. The van der Waals surface area contributed by atoms with E-state index < -0.39 is 0 Å². The van der Waals surface area contributed by atoms with Crippen molar-refractivity contribution in [2.75, 3.05) is 13.7 Å². The standard InChI is InChI=1S/C15H23NO/c1-3-4-7-14(16-2)12-8-9-15-13(11-12)6-5-10-17-15/h8-9,11,14,16H,3-7,10H2,1-2H3. The zero-order valence-electron chi connectivity index (χ0n) is 11.0. The van der Waals surface area contributed by atoms with Crippen LogP contribution in [0, 0.1) is 0 Å². The first-order valence-corrected chi connectivity index (χ1v) is 6.78. The van der Waals surface area contributed by atoms with Crippen molar-refractivity contribution in [1.29, 1.82) is 0 Å². The number of aryl methyl sites for hydroxylation is 1. The highest BCUT2D eigenvalue weighted by atomic mass is 16.5. The monoisotopic (exact) mass is 233 g/mol. The van der Waals surface area contributed by atoms with Gasteiger partial charge < -0.3 is 10.1 Å². The normalized spacial score (nSPS) is 16.1. The van der Waals surface area contributed by atoms with Crippen LogP contribution in [0.2, 0.25) is 0 Å². The minimum absolute atomic E-state index is 0.488. The lowest BCUT2D eigenvalue weighted by Gasteiger charge is -2.21. The third kappa shape index (κ3) is 3.01. The van der Waals surface area contributed by atoms with Crippen LogP contribution in [0.4, 0.5) is 0 Å². The number of unbranched alkanes of at least 4 members (excludes halogenated alkanes) is 1. The van der Waals surface area contributed by atoms with E-state index in [1.165, 1.54) is 30.4 Å². The van der Waals surface area contributed by atoms with Crippen LogP contribution in [0.25, 0.3) is 0 Å². The molecular formula is C15H23NO. The summed E-state index contributed by atoms with van der Waals surface area (Å²) in [6.45, 7) is 3.12. The zero-order valence-corrected chi connectivity index (χ0v) is 11.0. The fourth-order valence-electron chi connectivity index (χ4n) is 2.48. The van der Waals surface area contributed by atoms with Crippen molar-refractivity contribution in [1.82, 2.24) is 5.32 Å². The lowest BCUT2D eigenvalue weighted by molar-refractivity contribution is 0.288. The molecular weight excluding hydrogens is 210 g/mol. The minimum Gasteiger partial charge on any atom is -0.493 e. The predicted octanol–water partition coefficient (Wildman–Crippen LogP) is 3.46. The van der Waals surface area contributed by atoms with Crippen LogP contribution >= 0.6 is 0 Å². The van der Waals surface area contributed by atoms with Gasteiger partial charge in [0.1, 0.15) is 5.75 Å². The van der Waals surface area contributed by atoms with E-state index in [0.717, 1.165) is 25.2 Å². The number of rotatable bonds is 5. The molecule has 0 aromatic heterocycles. The zero-order chi connectivity index (χ0) is 12.1. The summed E-state index contributed by atoms with van der Waals surface area (Å²) in [6, 6.07) is 7.16. The molecule has 1 atom stereocenters. The van der Waals surface area contributed by atoms with Gasteiger partial charge in [-0.25, -0.2) is 0 Å². The minimum atomic E-state index is 0.488.